The molecule has 160 valence electrons. The van der Waals surface area contributed by atoms with Crippen LogP contribution < -0.4 is 0 Å². The van der Waals surface area contributed by atoms with Crippen molar-refractivity contribution >= 4 is 22.6 Å². The van der Waals surface area contributed by atoms with Crippen LogP contribution in [0.25, 0.3) is 0 Å². The van der Waals surface area contributed by atoms with Gasteiger partial charge in [0.1, 0.15) is 5.78 Å². The Morgan fingerprint density at radius 2 is 1.79 bits per heavy atom. The summed E-state index contributed by atoms with van der Waals surface area (Å²) >= 11 is 0. The summed E-state index contributed by atoms with van der Waals surface area (Å²) in [4.78, 5) is 26.3. The van der Waals surface area contributed by atoms with Gasteiger partial charge < -0.3 is 4.74 Å². The molecule has 1 saturated heterocycles. The smallest absolute Gasteiger partial charge is 0.312 e. The first-order valence-electron chi connectivity index (χ1n) is 11.6. The van der Waals surface area contributed by atoms with Gasteiger partial charge in [0.15, 0.2) is 0 Å². The number of carbonyl (C=O) groups excluding carboxylic acids is 2. The van der Waals surface area contributed by atoms with E-state index >= 15 is 0 Å². The van der Waals surface area contributed by atoms with E-state index in [9.17, 15) is 13.8 Å². The number of carbonyl (C=O) groups is 2. The zero-order valence-corrected chi connectivity index (χ0v) is 18.9. The molecule has 3 saturated carbocycles. The highest BCUT2D eigenvalue weighted by Crippen LogP contribution is 2.71. The minimum Gasteiger partial charge on any atom is -0.465 e. The van der Waals surface area contributed by atoms with E-state index in [2.05, 4.69) is 13.8 Å². The molecule has 4 nitrogen and oxygen atoms in total. The van der Waals surface area contributed by atoms with Gasteiger partial charge in [-0.3, -0.25) is 13.8 Å². The van der Waals surface area contributed by atoms with Crippen molar-refractivity contribution in [3.8, 4) is 0 Å². The van der Waals surface area contributed by atoms with Crippen LogP contribution in [0.15, 0.2) is 10.5 Å². The van der Waals surface area contributed by atoms with E-state index in [0.29, 0.717) is 48.7 Å². The molecule has 5 aliphatic rings. The Labute approximate surface area is 176 Å². The standard InChI is InChI=1S/C24H34O4S/c1-4-29(27)19-14-15-13-16(25)5-8-22(15,2)17-6-9-23(3)18(20(17)19)7-10-24(23)11-12-28-21(24)26/h15,17-18H,4-14H2,1-3H3/t15?,17-,18?,22?,23?,24?,29?/m0/s1. The topological polar surface area (TPSA) is 60.4 Å². The number of esters is 1. The summed E-state index contributed by atoms with van der Waals surface area (Å²) in [7, 11) is -0.974. The van der Waals surface area contributed by atoms with E-state index in [0.717, 1.165) is 49.9 Å². The fourth-order valence-electron chi connectivity index (χ4n) is 8.19. The molecule has 6 unspecified atom stereocenters. The van der Waals surface area contributed by atoms with Crippen LogP contribution >= 0.6 is 0 Å². The Bertz CT molecular complexity index is 831. The molecule has 1 heterocycles. The molecular weight excluding hydrogens is 384 g/mol. The van der Waals surface area contributed by atoms with Crippen molar-refractivity contribution in [2.24, 2.45) is 34.0 Å². The SMILES string of the molecule is CCS(=O)C1=C2C3CCC4(CCOC4=O)C3(C)CC[C@@H]2C2(C)CCC(=O)CC2C1. The van der Waals surface area contributed by atoms with Crippen molar-refractivity contribution in [1.29, 1.82) is 0 Å². The van der Waals surface area contributed by atoms with Crippen molar-refractivity contribution < 1.29 is 18.5 Å². The molecule has 4 aliphatic carbocycles. The van der Waals surface area contributed by atoms with E-state index in [4.69, 9.17) is 4.74 Å². The minimum atomic E-state index is -0.974. The third kappa shape index (κ3) is 2.46. The maximum Gasteiger partial charge on any atom is 0.312 e. The van der Waals surface area contributed by atoms with Gasteiger partial charge in [0.05, 0.1) is 12.0 Å². The van der Waals surface area contributed by atoms with Crippen molar-refractivity contribution in [2.75, 3.05) is 12.4 Å². The molecule has 0 aromatic heterocycles. The number of hydrogen-bond donors (Lipinski definition) is 0. The first-order valence-corrected chi connectivity index (χ1v) is 12.9. The molecule has 29 heavy (non-hydrogen) atoms. The number of ketones is 1. The molecule has 7 atom stereocenters. The van der Waals surface area contributed by atoms with E-state index in [1.165, 1.54) is 5.57 Å². The summed E-state index contributed by atoms with van der Waals surface area (Å²) < 4.78 is 18.7. The third-order valence-electron chi connectivity index (χ3n) is 10.0. The predicted molar refractivity (Wildman–Crippen MR) is 112 cm³/mol. The maximum absolute atomic E-state index is 13.2. The van der Waals surface area contributed by atoms with Crippen LogP contribution in [0.5, 0.6) is 0 Å². The van der Waals surface area contributed by atoms with Gasteiger partial charge in [-0.1, -0.05) is 26.3 Å². The van der Waals surface area contributed by atoms with E-state index in [-0.39, 0.29) is 22.2 Å². The molecule has 0 N–H and O–H groups in total. The zero-order chi connectivity index (χ0) is 20.6. The quantitative estimate of drug-likeness (QED) is 0.617. The molecule has 4 fully saturated rings. The lowest BCUT2D eigenvalue weighted by molar-refractivity contribution is -0.153. The highest BCUT2D eigenvalue weighted by Gasteiger charge is 2.68. The highest BCUT2D eigenvalue weighted by molar-refractivity contribution is 7.88. The van der Waals surface area contributed by atoms with Gasteiger partial charge in [-0.05, 0) is 73.5 Å². The normalized spacial score (nSPS) is 47.6. The zero-order valence-electron chi connectivity index (χ0n) is 18.1. The molecule has 0 bridgehead atoms. The molecule has 5 rings (SSSR count). The largest absolute Gasteiger partial charge is 0.465 e. The maximum atomic E-state index is 13.2. The average Bonchev–Trinajstić information content (AvgIpc) is 3.22. The van der Waals surface area contributed by atoms with Gasteiger partial charge in [0.25, 0.3) is 0 Å². The second kappa shape index (κ2) is 6.51. The second-order valence-electron chi connectivity index (χ2n) is 10.7. The number of allylic oxidation sites excluding steroid dienone is 2. The Morgan fingerprint density at radius 1 is 1.03 bits per heavy atom. The lowest BCUT2D eigenvalue weighted by Gasteiger charge is -2.58. The minimum absolute atomic E-state index is 0.0166. The third-order valence-corrected chi connectivity index (χ3v) is 11.5. The number of cyclic esters (lactones) is 1. The number of rotatable bonds is 2. The molecule has 1 aliphatic heterocycles. The average molecular weight is 419 g/mol. The van der Waals surface area contributed by atoms with Crippen LogP contribution in [0.2, 0.25) is 0 Å². The fourth-order valence-corrected chi connectivity index (χ4v) is 9.47. The van der Waals surface area contributed by atoms with Crippen LogP contribution in [0.1, 0.15) is 78.6 Å². The van der Waals surface area contributed by atoms with Crippen LogP contribution in [0.3, 0.4) is 0 Å². The summed E-state index contributed by atoms with van der Waals surface area (Å²) in [6.45, 7) is 7.29. The fraction of sp³-hybridized carbons (Fsp3) is 0.833. The Balaban J connectivity index is 1.64. The summed E-state index contributed by atoms with van der Waals surface area (Å²) in [6.07, 6.45) is 8.01. The molecular formula is C24H34O4S. The molecule has 1 spiro atoms. The van der Waals surface area contributed by atoms with Crippen molar-refractivity contribution in [3.63, 3.8) is 0 Å². The highest BCUT2D eigenvalue weighted by atomic mass is 32.2. The number of hydrogen-bond acceptors (Lipinski definition) is 4. The summed E-state index contributed by atoms with van der Waals surface area (Å²) in [5.41, 5.74) is 1.17. The van der Waals surface area contributed by atoms with Gasteiger partial charge in [-0.25, -0.2) is 0 Å². The van der Waals surface area contributed by atoms with Gasteiger partial charge >= 0.3 is 5.97 Å². The van der Waals surface area contributed by atoms with Crippen molar-refractivity contribution in [2.45, 2.75) is 78.6 Å². The molecule has 0 aromatic carbocycles. The molecule has 5 heteroatoms. The Kier molecular flexibility index (Phi) is 4.48. The monoisotopic (exact) mass is 418 g/mol. The van der Waals surface area contributed by atoms with E-state index in [1.807, 2.05) is 6.92 Å². The van der Waals surface area contributed by atoms with Crippen LogP contribution in [0, 0.1) is 34.0 Å². The summed E-state index contributed by atoms with van der Waals surface area (Å²) in [6, 6.07) is 0. The van der Waals surface area contributed by atoms with Crippen molar-refractivity contribution in [1.82, 2.24) is 0 Å². The molecule has 0 amide bonds. The number of Topliss-reactive ketones (excluding diaryl/α,β-unsaturated/α-hetero) is 1. The molecule has 0 aromatic rings. The van der Waals surface area contributed by atoms with Crippen LogP contribution in [-0.4, -0.2) is 28.3 Å². The number of ether oxygens (including phenoxy) is 1. The Morgan fingerprint density at radius 3 is 2.48 bits per heavy atom. The van der Waals surface area contributed by atoms with E-state index < -0.39 is 10.8 Å². The molecule has 0 radical (unpaired) electrons. The van der Waals surface area contributed by atoms with E-state index in [1.54, 1.807) is 0 Å². The summed E-state index contributed by atoms with van der Waals surface area (Å²) in [5, 5.41) is 0. The van der Waals surface area contributed by atoms with Gasteiger partial charge in [-0.2, -0.15) is 0 Å². The van der Waals surface area contributed by atoms with Gasteiger partial charge in [0, 0.05) is 34.3 Å². The first kappa shape index (κ1) is 20.0. The van der Waals surface area contributed by atoms with Gasteiger partial charge in [-0.15, -0.1) is 0 Å². The number of fused-ring (bicyclic) bond motifs is 6. The van der Waals surface area contributed by atoms with Crippen LogP contribution in [-0.2, 0) is 25.1 Å². The second-order valence-corrected chi connectivity index (χ2v) is 12.5. The first-order chi connectivity index (χ1) is 13.8. The van der Waals surface area contributed by atoms with Gasteiger partial charge in [0.2, 0.25) is 0 Å². The lowest BCUT2D eigenvalue weighted by atomic mass is 9.46. The lowest BCUT2D eigenvalue weighted by Crippen LogP contribution is -2.53. The van der Waals surface area contributed by atoms with Crippen LogP contribution in [0.4, 0.5) is 0 Å². The van der Waals surface area contributed by atoms with Crippen molar-refractivity contribution in [3.05, 3.63) is 10.5 Å². The summed E-state index contributed by atoms with van der Waals surface area (Å²) in [5.74, 6) is 2.13. The Hall–Kier alpha value is -0.970. The predicted octanol–water partition coefficient (Wildman–Crippen LogP) is 4.55.